The molecule has 0 aromatic carbocycles. The number of H-pyrrole nitrogens is 1. The number of nitrogens with zero attached hydrogens (tertiary/aromatic N) is 3. The molecule has 2 heterocycles. The van der Waals surface area contributed by atoms with Crippen LogP contribution in [0.4, 0.5) is 0 Å². The van der Waals surface area contributed by atoms with Gasteiger partial charge in [0.05, 0.1) is 0 Å². The highest BCUT2D eigenvalue weighted by atomic mass is 35.5. The van der Waals surface area contributed by atoms with E-state index in [0.29, 0.717) is 12.8 Å². The summed E-state index contributed by atoms with van der Waals surface area (Å²) in [5.41, 5.74) is 0. The number of aromatic amines is 1. The van der Waals surface area contributed by atoms with E-state index in [0.717, 1.165) is 5.82 Å². The fraction of sp³-hybridized carbons (Fsp3) is 0.300. The van der Waals surface area contributed by atoms with E-state index in [1.54, 1.807) is 0 Å². The van der Waals surface area contributed by atoms with Crippen molar-refractivity contribution >= 4 is 21.6 Å². The third-order valence-electron chi connectivity index (χ3n) is 2.36. The molecular formula is C10H12ClN5O2S. The molecule has 102 valence electrons. The third kappa shape index (κ3) is 3.72. The number of hydrogen-bond acceptors (Lipinski definition) is 5. The van der Waals surface area contributed by atoms with Gasteiger partial charge in [0, 0.05) is 19.2 Å². The van der Waals surface area contributed by atoms with Crippen molar-refractivity contribution in [2.45, 2.75) is 17.7 Å². The molecule has 0 radical (unpaired) electrons. The zero-order valence-electron chi connectivity index (χ0n) is 9.88. The maximum atomic E-state index is 11.9. The molecule has 2 rings (SSSR count). The van der Waals surface area contributed by atoms with Crippen LogP contribution in [0, 0.1) is 0 Å². The minimum absolute atomic E-state index is 0.0173. The van der Waals surface area contributed by atoms with Crippen LogP contribution in [0.15, 0.2) is 29.6 Å². The first-order valence-corrected chi connectivity index (χ1v) is 7.40. The van der Waals surface area contributed by atoms with Gasteiger partial charge in [0.15, 0.2) is 0 Å². The molecule has 0 amide bonds. The molecule has 0 saturated carbocycles. The average Bonchev–Trinajstić information content (AvgIpc) is 2.88. The molecule has 0 unspecified atom stereocenters. The molecule has 0 bridgehead atoms. The molecule has 2 aromatic rings. The zero-order chi connectivity index (χ0) is 13.7. The van der Waals surface area contributed by atoms with Crippen LogP contribution < -0.4 is 4.72 Å². The quantitative estimate of drug-likeness (QED) is 0.606. The van der Waals surface area contributed by atoms with Crippen molar-refractivity contribution in [2.24, 2.45) is 0 Å². The van der Waals surface area contributed by atoms with Gasteiger partial charge in [0.1, 0.15) is 22.2 Å². The topological polar surface area (TPSA) is 101 Å². The highest BCUT2D eigenvalue weighted by molar-refractivity contribution is 7.89. The molecule has 0 aliphatic carbocycles. The second-order valence-electron chi connectivity index (χ2n) is 3.73. The zero-order valence-corrected chi connectivity index (χ0v) is 11.4. The van der Waals surface area contributed by atoms with E-state index in [9.17, 15) is 8.42 Å². The van der Waals surface area contributed by atoms with Gasteiger partial charge < -0.3 is 0 Å². The second kappa shape index (κ2) is 6.09. The van der Waals surface area contributed by atoms with Gasteiger partial charge in [0.2, 0.25) is 10.0 Å². The largest absolute Gasteiger partial charge is 0.263 e. The van der Waals surface area contributed by atoms with Crippen LogP contribution >= 0.6 is 11.6 Å². The Kier molecular flexibility index (Phi) is 4.46. The number of hydrogen-bond donors (Lipinski definition) is 2. The molecule has 0 spiro atoms. The lowest BCUT2D eigenvalue weighted by atomic mass is 10.3. The summed E-state index contributed by atoms with van der Waals surface area (Å²) in [6.45, 7) is 0.286. The Bertz CT molecular complexity index is 629. The molecule has 19 heavy (non-hydrogen) atoms. The minimum atomic E-state index is -3.62. The standard InChI is InChI=1S/C10H12ClN5O2S/c11-10-8(3-1-5-12-10)19(17,18)15-6-2-4-9-13-7-14-16-9/h1,3,5,7,15H,2,4,6H2,(H,13,14,16). The molecule has 2 N–H and O–H groups in total. The van der Waals surface area contributed by atoms with Gasteiger partial charge in [-0.1, -0.05) is 11.6 Å². The number of sulfonamides is 1. The number of aryl methyl sites for hydroxylation is 1. The number of halogens is 1. The summed E-state index contributed by atoms with van der Waals surface area (Å²) in [5.74, 6) is 0.721. The van der Waals surface area contributed by atoms with Crippen molar-refractivity contribution in [1.29, 1.82) is 0 Å². The summed E-state index contributed by atoms with van der Waals surface area (Å²) in [6, 6.07) is 2.93. The lowest BCUT2D eigenvalue weighted by Crippen LogP contribution is -2.25. The fourth-order valence-electron chi connectivity index (χ4n) is 1.46. The van der Waals surface area contributed by atoms with Crippen LogP contribution in [-0.2, 0) is 16.4 Å². The Labute approximate surface area is 115 Å². The van der Waals surface area contributed by atoms with Crippen LogP contribution in [0.1, 0.15) is 12.2 Å². The Balaban J connectivity index is 1.90. The van der Waals surface area contributed by atoms with Crippen molar-refractivity contribution in [1.82, 2.24) is 24.9 Å². The predicted molar refractivity (Wildman–Crippen MR) is 69.1 cm³/mol. The SMILES string of the molecule is O=S(=O)(NCCCc1ncn[nH]1)c1cccnc1Cl. The van der Waals surface area contributed by atoms with E-state index in [4.69, 9.17) is 11.6 Å². The number of aromatic nitrogens is 4. The molecule has 0 aliphatic heterocycles. The number of rotatable bonds is 6. The highest BCUT2D eigenvalue weighted by Gasteiger charge is 2.17. The van der Waals surface area contributed by atoms with Crippen molar-refractivity contribution in [2.75, 3.05) is 6.54 Å². The molecular weight excluding hydrogens is 290 g/mol. The maximum Gasteiger partial charge on any atom is 0.243 e. The smallest absolute Gasteiger partial charge is 0.243 e. The first-order chi connectivity index (χ1) is 9.09. The second-order valence-corrected chi connectivity index (χ2v) is 5.82. The van der Waals surface area contributed by atoms with Gasteiger partial charge in [-0.25, -0.2) is 23.1 Å². The maximum absolute atomic E-state index is 11.9. The van der Waals surface area contributed by atoms with Crippen LogP contribution in [0.3, 0.4) is 0 Å². The molecule has 7 nitrogen and oxygen atoms in total. The van der Waals surface area contributed by atoms with E-state index < -0.39 is 10.0 Å². The van der Waals surface area contributed by atoms with Gasteiger partial charge in [-0.2, -0.15) is 5.10 Å². The van der Waals surface area contributed by atoms with Gasteiger partial charge >= 0.3 is 0 Å². The molecule has 0 saturated heterocycles. The van der Waals surface area contributed by atoms with Gasteiger partial charge in [-0.05, 0) is 18.6 Å². The Morgan fingerprint density at radius 2 is 2.21 bits per heavy atom. The highest BCUT2D eigenvalue weighted by Crippen LogP contribution is 2.17. The van der Waals surface area contributed by atoms with Gasteiger partial charge in [-0.3, -0.25) is 5.10 Å². The summed E-state index contributed by atoms with van der Waals surface area (Å²) < 4.78 is 26.4. The van der Waals surface area contributed by atoms with E-state index in [-0.39, 0.29) is 16.6 Å². The van der Waals surface area contributed by atoms with Crippen molar-refractivity contribution in [3.05, 3.63) is 35.6 Å². The third-order valence-corrected chi connectivity index (χ3v) is 4.27. The van der Waals surface area contributed by atoms with Crippen molar-refractivity contribution in [3.8, 4) is 0 Å². The minimum Gasteiger partial charge on any atom is -0.263 e. The van der Waals surface area contributed by atoms with E-state index in [1.165, 1.54) is 24.7 Å². The van der Waals surface area contributed by atoms with E-state index >= 15 is 0 Å². The monoisotopic (exact) mass is 301 g/mol. The predicted octanol–water partition coefficient (Wildman–Crippen LogP) is 0.764. The molecule has 2 aromatic heterocycles. The van der Waals surface area contributed by atoms with Crippen LogP contribution in [-0.4, -0.2) is 35.1 Å². The molecule has 0 atom stereocenters. The van der Waals surface area contributed by atoms with Crippen LogP contribution in [0.5, 0.6) is 0 Å². The van der Waals surface area contributed by atoms with E-state index in [1.807, 2.05) is 0 Å². The summed E-state index contributed by atoms with van der Waals surface area (Å²) >= 11 is 5.75. The average molecular weight is 302 g/mol. The summed E-state index contributed by atoms with van der Waals surface area (Å²) in [4.78, 5) is 7.67. The van der Waals surface area contributed by atoms with Crippen LogP contribution in [0.2, 0.25) is 5.15 Å². The molecule has 0 aliphatic rings. The summed E-state index contributed by atoms with van der Waals surface area (Å²) in [7, 11) is -3.62. The van der Waals surface area contributed by atoms with Gasteiger partial charge in [-0.15, -0.1) is 0 Å². The normalized spacial score (nSPS) is 11.6. The molecule has 9 heteroatoms. The number of nitrogens with one attached hydrogen (secondary N) is 2. The van der Waals surface area contributed by atoms with Crippen molar-refractivity contribution < 1.29 is 8.42 Å². The Hall–Kier alpha value is -1.51. The summed E-state index contributed by atoms with van der Waals surface area (Å²) in [5, 5.41) is 6.38. The lowest BCUT2D eigenvalue weighted by Gasteiger charge is -2.06. The van der Waals surface area contributed by atoms with Gasteiger partial charge in [0.25, 0.3) is 0 Å². The lowest BCUT2D eigenvalue weighted by molar-refractivity contribution is 0.578. The van der Waals surface area contributed by atoms with Crippen molar-refractivity contribution in [3.63, 3.8) is 0 Å². The number of pyridine rings is 1. The molecule has 0 fully saturated rings. The fourth-order valence-corrected chi connectivity index (χ4v) is 2.99. The Morgan fingerprint density at radius 3 is 2.89 bits per heavy atom. The first-order valence-electron chi connectivity index (χ1n) is 5.54. The van der Waals surface area contributed by atoms with E-state index in [2.05, 4.69) is 24.9 Å². The Morgan fingerprint density at radius 1 is 1.37 bits per heavy atom. The van der Waals surface area contributed by atoms with Crippen LogP contribution in [0.25, 0.3) is 0 Å². The first kappa shape index (κ1) is 13.9. The summed E-state index contributed by atoms with van der Waals surface area (Å²) in [6.07, 6.45) is 4.07.